The monoisotopic (exact) mass is 242 g/mol. The Hall–Kier alpha value is -1.96. The molecule has 0 radical (unpaired) electrons. The first kappa shape index (κ1) is 12.5. The molecule has 0 saturated heterocycles. The van der Waals surface area contributed by atoms with Gasteiger partial charge in [0.1, 0.15) is 11.5 Å². The molecule has 2 aromatic carbocycles. The molecular formula is C16H18O2. The molecule has 0 aromatic heterocycles. The minimum absolute atomic E-state index is 0.692. The summed E-state index contributed by atoms with van der Waals surface area (Å²) in [5.74, 6) is 1.85. The van der Waals surface area contributed by atoms with Crippen LogP contribution in [0.5, 0.6) is 11.5 Å². The van der Waals surface area contributed by atoms with Crippen molar-refractivity contribution in [2.75, 3.05) is 13.7 Å². The third-order valence-electron chi connectivity index (χ3n) is 2.90. The van der Waals surface area contributed by atoms with E-state index < -0.39 is 0 Å². The molecule has 2 heteroatoms. The summed E-state index contributed by atoms with van der Waals surface area (Å²) < 4.78 is 10.9. The first-order valence-electron chi connectivity index (χ1n) is 6.11. The summed E-state index contributed by atoms with van der Waals surface area (Å²) in [4.78, 5) is 0. The highest BCUT2D eigenvalue weighted by Crippen LogP contribution is 2.17. The van der Waals surface area contributed by atoms with Gasteiger partial charge in [0.15, 0.2) is 0 Å². The lowest BCUT2D eigenvalue weighted by molar-refractivity contribution is 0.319. The van der Waals surface area contributed by atoms with E-state index in [9.17, 15) is 0 Å². The summed E-state index contributed by atoms with van der Waals surface area (Å²) in [7, 11) is 1.68. The van der Waals surface area contributed by atoms with E-state index in [1.807, 2.05) is 30.3 Å². The van der Waals surface area contributed by atoms with Crippen molar-refractivity contribution in [2.45, 2.75) is 13.3 Å². The van der Waals surface area contributed by atoms with Gasteiger partial charge in [-0.25, -0.2) is 0 Å². The van der Waals surface area contributed by atoms with Crippen LogP contribution in [0.2, 0.25) is 0 Å². The van der Waals surface area contributed by atoms with Gasteiger partial charge in [-0.1, -0.05) is 30.3 Å². The summed E-state index contributed by atoms with van der Waals surface area (Å²) in [6.07, 6.45) is 0.901. The molecule has 0 aliphatic rings. The number of benzene rings is 2. The van der Waals surface area contributed by atoms with Crippen LogP contribution in [-0.4, -0.2) is 13.7 Å². The molecular weight excluding hydrogens is 224 g/mol. The molecule has 0 bridgehead atoms. The van der Waals surface area contributed by atoms with Crippen molar-refractivity contribution in [3.8, 4) is 11.5 Å². The van der Waals surface area contributed by atoms with Crippen molar-refractivity contribution in [1.82, 2.24) is 0 Å². The number of hydrogen-bond acceptors (Lipinski definition) is 2. The SMILES string of the molecule is COc1ccc(CCOc2ccccc2C)cc1. The summed E-state index contributed by atoms with van der Waals surface area (Å²) in [6.45, 7) is 2.75. The molecule has 2 aromatic rings. The lowest BCUT2D eigenvalue weighted by Crippen LogP contribution is -2.02. The highest BCUT2D eigenvalue weighted by atomic mass is 16.5. The van der Waals surface area contributed by atoms with Gasteiger partial charge in [0.2, 0.25) is 0 Å². The largest absolute Gasteiger partial charge is 0.497 e. The number of rotatable bonds is 5. The highest BCUT2D eigenvalue weighted by Gasteiger charge is 1.99. The smallest absolute Gasteiger partial charge is 0.122 e. The second kappa shape index (κ2) is 6.10. The predicted molar refractivity (Wildman–Crippen MR) is 73.4 cm³/mol. The molecule has 0 N–H and O–H groups in total. The molecule has 0 atom stereocenters. The van der Waals surface area contributed by atoms with Gasteiger partial charge in [0, 0.05) is 6.42 Å². The van der Waals surface area contributed by atoms with E-state index in [-0.39, 0.29) is 0 Å². The van der Waals surface area contributed by atoms with E-state index in [0.717, 1.165) is 17.9 Å². The minimum atomic E-state index is 0.692. The minimum Gasteiger partial charge on any atom is -0.497 e. The standard InChI is InChI=1S/C16H18O2/c1-13-5-3-4-6-16(13)18-12-11-14-7-9-15(17-2)10-8-14/h3-10H,11-12H2,1-2H3. The number of aryl methyl sites for hydroxylation is 1. The van der Waals surface area contributed by atoms with E-state index >= 15 is 0 Å². The maximum absolute atomic E-state index is 5.77. The topological polar surface area (TPSA) is 18.5 Å². The fraction of sp³-hybridized carbons (Fsp3) is 0.250. The molecule has 0 aliphatic heterocycles. The van der Waals surface area contributed by atoms with E-state index in [2.05, 4.69) is 25.1 Å². The molecule has 94 valence electrons. The third kappa shape index (κ3) is 3.27. The molecule has 0 saturated carbocycles. The van der Waals surface area contributed by atoms with E-state index in [0.29, 0.717) is 6.61 Å². The van der Waals surface area contributed by atoms with Crippen LogP contribution < -0.4 is 9.47 Å². The Morgan fingerprint density at radius 1 is 0.944 bits per heavy atom. The molecule has 0 spiro atoms. The Morgan fingerprint density at radius 2 is 1.67 bits per heavy atom. The second-order valence-electron chi connectivity index (χ2n) is 4.21. The molecule has 0 heterocycles. The fourth-order valence-corrected chi connectivity index (χ4v) is 1.79. The third-order valence-corrected chi connectivity index (χ3v) is 2.90. The van der Waals surface area contributed by atoms with Crippen LogP contribution in [0.25, 0.3) is 0 Å². The van der Waals surface area contributed by atoms with Crippen LogP contribution in [0.4, 0.5) is 0 Å². The van der Waals surface area contributed by atoms with Crippen molar-refractivity contribution >= 4 is 0 Å². The van der Waals surface area contributed by atoms with E-state index in [1.165, 1.54) is 11.1 Å². The Kier molecular flexibility index (Phi) is 4.24. The zero-order valence-electron chi connectivity index (χ0n) is 10.8. The average Bonchev–Trinajstić information content (AvgIpc) is 2.42. The number of hydrogen-bond donors (Lipinski definition) is 0. The molecule has 0 fully saturated rings. The summed E-state index contributed by atoms with van der Waals surface area (Å²) in [5, 5.41) is 0. The lowest BCUT2D eigenvalue weighted by atomic mass is 10.1. The number of para-hydroxylation sites is 1. The zero-order valence-corrected chi connectivity index (χ0v) is 10.8. The van der Waals surface area contributed by atoms with Crippen molar-refractivity contribution < 1.29 is 9.47 Å². The normalized spacial score (nSPS) is 10.1. The van der Waals surface area contributed by atoms with Gasteiger partial charge in [-0.3, -0.25) is 0 Å². The lowest BCUT2D eigenvalue weighted by Gasteiger charge is -2.09. The summed E-state index contributed by atoms with van der Waals surface area (Å²) >= 11 is 0. The Balaban J connectivity index is 1.86. The van der Waals surface area contributed by atoms with Crippen molar-refractivity contribution in [1.29, 1.82) is 0 Å². The zero-order chi connectivity index (χ0) is 12.8. The van der Waals surface area contributed by atoms with Gasteiger partial charge in [-0.2, -0.15) is 0 Å². The van der Waals surface area contributed by atoms with Gasteiger partial charge in [0.25, 0.3) is 0 Å². The van der Waals surface area contributed by atoms with E-state index in [4.69, 9.17) is 9.47 Å². The van der Waals surface area contributed by atoms with Gasteiger partial charge in [0.05, 0.1) is 13.7 Å². The Bertz CT molecular complexity index is 489. The van der Waals surface area contributed by atoms with Crippen molar-refractivity contribution in [3.63, 3.8) is 0 Å². The molecule has 2 rings (SSSR count). The second-order valence-corrected chi connectivity index (χ2v) is 4.21. The Labute approximate surface area is 108 Å². The molecule has 0 unspecified atom stereocenters. The first-order valence-corrected chi connectivity index (χ1v) is 6.11. The van der Waals surface area contributed by atoms with Gasteiger partial charge in [-0.15, -0.1) is 0 Å². The Morgan fingerprint density at radius 3 is 2.33 bits per heavy atom. The van der Waals surface area contributed by atoms with E-state index in [1.54, 1.807) is 7.11 Å². The average molecular weight is 242 g/mol. The number of ether oxygens (including phenoxy) is 2. The van der Waals surface area contributed by atoms with Gasteiger partial charge >= 0.3 is 0 Å². The predicted octanol–water partition coefficient (Wildman–Crippen LogP) is 3.63. The highest BCUT2D eigenvalue weighted by molar-refractivity contribution is 5.32. The summed E-state index contributed by atoms with van der Waals surface area (Å²) in [5.41, 5.74) is 2.43. The fourth-order valence-electron chi connectivity index (χ4n) is 1.79. The maximum Gasteiger partial charge on any atom is 0.122 e. The summed E-state index contributed by atoms with van der Waals surface area (Å²) in [6, 6.07) is 16.2. The van der Waals surface area contributed by atoms with Crippen LogP contribution in [-0.2, 0) is 6.42 Å². The van der Waals surface area contributed by atoms with Gasteiger partial charge < -0.3 is 9.47 Å². The maximum atomic E-state index is 5.77. The molecule has 0 amide bonds. The molecule has 2 nitrogen and oxygen atoms in total. The van der Waals surface area contributed by atoms with Gasteiger partial charge in [-0.05, 0) is 36.2 Å². The first-order chi connectivity index (χ1) is 8.79. The number of methoxy groups -OCH3 is 1. The van der Waals surface area contributed by atoms with Crippen molar-refractivity contribution in [3.05, 3.63) is 59.7 Å². The van der Waals surface area contributed by atoms with Crippen LogP contribution in [0.15, 0.2) is 48.5 Å². The molecule has 18 heavy (non-hydrogen) atoms. The quantitative estimate of drug-likeness (QED) is 0.797. The van der Waals surface area contributed by atoms with Crippen LogP contribution >= 0.6 is 0 Å². The van der Waals surface area contributed by atoms with Crippen LogP contribution in [0.3, 0.4) is 0 Å². The van der Waals surface area contributed by atoms with Crippen LogP contribution in [0.1, 0.15) is 11.1 Å². The van der Waals surface area contributed by atoms with Crippen LogP contribution in [0, 0.1) is 6.92 Å². The van der Waals surface area contributed by atoms with Crippen molar-refractivity contribution in [2.24, 2.45) is 0 Å². The molecule has 0 aliphatic carbocycles.